The molecule has 0 spiro atoms. The monoisotopic (exact) mass is 818 g/mol. The smallest absolute Gasteiger partial charge is 0.149 e. The molecule has 2 atom stereocenters. The first-order valence-corrected chi connectivity index (χ1v) is 23.7. The van der Waals surface area contributed by atoms with Crippen LogP contribution in [0, 0.1) is 11.8 Å². The fourth-order valence-corrected chi connectivity index (χ4v) is 7.26. The van der Waals surface area contributed by atoms with Gasteiger partial charge in [0.05, 0.1) is 0 Å². The van der Waals surface area contributed by atoms with Crippen LogP contribution in [-0.2, 0) is 14.2 Å². The van der Waals surface area contributed by atoms with Crippen molar-refractivity contribution in [3.8, 4) is 0 Å². The number of halogens is 2. The van der Waals surface area contributed by atoms with Crippen molar-refractivity contribution in [2.45, 2.75) is 206 Å². The highest BCUT2D eigenvalue weighted by molar-refractivity contribution is 9.09. The predicted molar refractivity (Wildman–Crippen MR) is 225 cm³/mol. The number of ether oxygens (including phenoxy) is 3. The van der Waals surface area contributed by atoms with Gasteiger partial charge < -0.3 is 14.2 Å². The van der Waals surface area contributed by atoms with Gasteiger partial charge in [0.15, 0.2) is 0 Å². The third kappa shape index (κ3) is 40.9. The van der Waals surface area contributed by atoms with Crippen molar-refractivity contribution in [1.82, 2.24) is 0 Å². The second kappa shape index (κ2) is 44.5. The fourth-order valence-electron chi connectivity index (χ4n) is 6.46. The average molecular weight is 821 g/mol. The number of unbranched alkanes of at least 4 members (excludes halogenated alkanes) is 22. The van der Waals surface area contributed by atoms with Crippen molar-refractivity contribution in [2.24, 2.45) is 11.8 Å². The third-order valence-corrected chi connectivity index (χ3v) is 10.9. The van der Waals surface area contributed by atoms with Crippen LogP contribution in [-0.4, -0.2) is 37.5 Å². The van der Waals surface area contributed by atoms with Crippen molar-refractivity contribution in [3.63, 3.8) is 0 Å². The van der Waals surface area contributed by atoms with Gasteiger partial charge in [-0.2, -0.15) is 0 Å². The molecule has 0 heterocycles. The number of allylic oxidation sites excluding steroid dienone is 4. The average Bonchev–Trinajstić information content (AvgIpc) is 3.11. The SMILES string of the molecule is CCCCC(C=CCCCCCCCCCCCCBr)CCOCOCOCCC(C=CCCCCCCCCCCCCBr)CCCC. The van der Waals surface area contributed by atoms with Gasteiger partial charge in [-0.25, -0.2) is 0 Å². The molecule has 5 heteroatoms. The minimum Gasteiger partial charge on any atom is -0.355 e. The molecule has 0 radical (unpaired) electrons. The molecular formula is C44H84Br2O3. The van der Waals surface area contributed by atoms with E-state index in [1.165, 1.54) is 180 Å². The summed E-state index contributed by atoms with van der Waals surface area (Å²) in [6.07, 6.45) is 50.0. The lowest BCUT2D eigenvalue weighted by atomic mass is 9.97. The summed E-state index contributed by atoms with van der Waals surface area (Å²) in [6, 6.07) is 0. The largest absolute Gasteiger partial charge is 0.355 e. The maximum absolute atomic E-state index is 5.82. The molecule has 0 amide bonds. The van der Waals surface area contributed by atoms with E-state index in [9.17, 15) is 0 Å². The summed E-state index contributed by atoms with van der Waals surface area (Å²) < 4.78 is 17.3. The van der Waals surface area contributed by atoms with E-state index in [0.717, 1.165) is 36.7 Å². The van der Waals surface area contributed by atoms with Crippen LogP contribution in [0.4, 0.5) is 0 Å². The normalized spacial score (nSPS) is 13.3. The first-order valence-electron chi connectivity index (χ1n) is 21.5. The van der Waals surface area contributed by atoms with Gasteiger partial charge in [-0.1, -0.05) is 198 Å². The Bertz CT molecular complexity index is 602. The van der Waals surface area contributed by atoms with Crippen LogP contribution in [0.1, 0.15) is 206 Å². The van der Waals surface area contributed by atoms with Crippen LogP contribution in [0.5, 0.6) is 0 Å². The zero-order valence-electron chi connectivity index (χ0n) is 32.9. The molecule has 0 fully saturated rings. The van der Waals surface area contributed by atoms with Gasteiger partial charge in [-0.05, 0) is 76.0 Å². The number of hydrogen-bond acceptors (Lipinski definition) is 3. The maximum Gasteiger partial charge on any atom is 0.149 e. The standard InChI is InChI=1S/C44H84Br2O3/c1-3-5-31-43(33-27-23-19-15-11-7-9-13-17-21-25-29-37-45)35-39-47-41-49-42-48-40-36-44(32-6-4-2)34-28-24-20-16-12-8-10-14-18-22-26-30-38-46/h27-28,33-34,43-44H,3-26,29-32,35-42H2,1-2H3. The van der Waals surface area contributed by atoms with E-state index < -0.39 is 0 Å². The van der Waals surface area contributed by atoms with Gasteiger partial charge in [0.1, 0.15) is 13.6 Å². The Kier molecular flexibility index (Phi) is 44.8. The lowest BCUT2D eigenvalue weighted by Gasteiger charge is -2.14. The molecule has 0 aliphatic carbocycles. The molecule has 0 aliphatic heterocycles. The fraction of sp³-hybridized carbons (Fsp3) is 0.909. The van der Waals surface area contributed by atoms with Crippen molar-refractivity contribution in [1.29, 1.82) is 0 Å². The molecule has 0 aromatic rings. The van der Waals surface area contributed by atoms with Gasteiger partial charge in [0.25, 0.3) is 0 Å². The van der Waals surface area contributed by atoms with E-state index in [2.05, 4.69) is 70.0 Å². The lowest BCUT2D eigenvalue weighted by molar-refractivity contribution is -0.133. The maximum atomic E-state index is 5.82. The minimum atomic E-state index is 0.331. The quantitative estimate of drug-likeness (QED) is 0.0266. The second-order valence-corrected chi connectivity index (χ2v) is 16.1. The zero-order chi connectivity index (χ0) is 35.6. The molecule has 0 rings (SSSR count). The van der Waals surface area contributed by atoms with E-state index >= 15 is 0 Å². The highest BCUT2D eigenvalue weighted by Gasteiger charge is 2.06. The van der Waals surface area contributed by atoms with Crippen LogP contribution >= 0.6 is 31.9 Å². The van der Waals surface area contributed by atoms with Crippen molar-refractivity contribution in [2.75, 3.05) is 37.5 Å². The van der Waals surface area contributed by atoms with Crippen LogP contribution in [0.2, 0.25) is 0 Å². The first kappa shape index (κ1) is 49.3. The van der Waals surface area contributed by atoms with E-state index in [1.54, 1.807) is 0 Å². The Hall–Kier alpha value is 0.320. The van der Waals surface area contributed by atoms with Crippen LogP contribution in [0.25, 0.3) is 0 Å². The Morgan fingerprint density at radius 3 is 1.04 bits per heavy atom. The zero-order valence-corrected chi connectivity index (χ0v) is 36.1. The van der Waals surface area contributed by atoms with Crippen molar-refractivity contribution in [3.05, 3.63) is 24.3 Å². The summed E-state index contributed by atoms with van der Waals surface area (Å²) in [7, 11) is 0. The molecular weight excluding hydrogens is 736 g/mol. The molecule has 0 aliphatic rings. The van der Waals surface area contributed by atoms with E-state index in [4.69, 9.17) is 14.2 Å². The molecule has 3 nitrogen and oxygen atoms in total. The molecule has 0 bridgehead atoms. The van der Waals surface area contributed by atoms with E-state index in [-0.39, 0.29) is 0 Å². The van der Waals surface area contributed by atoms with Gasteiger partial charge in [0.2, 0.25) is 0 Å². The van der Waals surface area contributed by atoms with Gasteiger partial charge in [0, 0.05) is 23.9 Å². The first-order chi connectivity index (χ1) is 24.3. The van der Waals surface area contributed by atoms with Crippen molar-refractivity contribution >= 4 is 31.9 Å². The molecule has 49 heavy (non-hydrogen) atoms. The van der Waals surface area contributed by atoms with E-state index in [1.807, 2.05) is 0 Å². The summed E-state index contributed by atoms with van der Waals surface area (Å²) in [5.41, 5.74) is 0. The predicted octanol–water partition coefficient (Wildman–Crippen LogP) is 15.8. The molecule has 0 saturated carbocycles. The molecule has 0 saturated heterocycles. The number of rotatable bonds is 42. The van der Waals surface area contributed by atoms with Gasteiger partial charge in [-0.15, -0.1) is 0 Å². The van der Waals surface area contributed by atoms with Crippen LogP contribution in [0.15, 0.2) is 24.3 Å². The summed E-state index contributed by atoms with van der Waals surface area (Å²) in [5, 5.41) is 2.33. The Balaban J connectivity index is 3.85. The molecule has 0 N–H and O–H groups in total. The highest BCUT2D eigenvalue weighted by Crippen LogP contribution is 2.18. The molecule has 2 unspecified atom stereocenters. The van der Waals surface area contributed by atoms with Crippen LogP contribution < -0.4 is 0 Å². The summed E-state index contributed by atoms with van der Waals surface area (Å²) in [5.74, 6) is 1.25. The Morgan fingerprint density at radius 2 is 0.714 bits per heavy atom. The van der Waals surface area contributed by atoms with Gasteiger partial charge >= 0.3 is 0 Å². The van der Waals surface area contributed by atoms with Crippen molar-refractivity contribution < 1.29 is 14.2 Å². The summed E-state index contributed by atoms with van der Waals surface area (Å²) in [4.78, 5) is 0. The summed E-state index contributed by atoms with van der Waals surface area (Å²) >= 11 is 7.05. The second-order valence-electron chi connectivity index (χ2n) is 14.5. The molecule has 0 aromatic heterocycles. The molecule has 292 valence electrons. The van der Waals surface area contributed by atoms with E-state index in [0.29, 0.717) is 25.4 Å². The minimum absolute atomic E-state index is 0.331. The van der Waals surface area contributed by atoms with Gasteiger partial charge in [-0.3, -0.25) is 0 Å². The molecule has 0 aromatic carbocycles. The number of hydrogen-bond donors (Lipinski definition) is 0. The third-order valence-electron chi connectivity index (χ3n) is 9.78. The number of alkyl halides is 2. The Morgan fingerprint density at radius 1 is 0.388 bits per heavy atom. The Labute approximate surface area is 324 Å². The summed E-state index contributed by atoms with van der Waals surface area (Å²) in [6.45, 7) is 6.76. The topological polar surface area (TPSA) is 27.7 Å². The lowest BCUT2D eigenvalue weighted by Crippen LogP contribution is -2.10. The van der Waals surface area contributed by atoms with Crippen LogP contribution in [0.3, 0.4) is 0 Å². The highest BCUT2D eigenvalue weighted by atomic mass is 79.9.